The number of rotatable bonds is 3. The summed E-state index contributed by atoms with van der Waals surface area (Å²) in [6.07, 6.45) is 3.20. The molecule has 2 rings (SSSR count). The van der Waals surface area contributed by atoms with E-state index in [1.54, 1.807) is 24.5 Å². The van der Waals surface area contributed by atoms with E-state index in [-0.39, 0.29) is 11.8 Å². The molecule has 1 amide bonds. The van der Waals surface area contributed by atoms with E-state index in [9.17, 15) is 4.79 Å². The van der Waals surface area contributed by atoms with Gasteiger partial charge in [0.1, 0.15) is 5.82 Å². The van der Waals surface area contributed by atoms with Crippen LogP contribution in [-0.4, -0.2) is 20.9 Å². The fraction of sp³-hybridized carbons (Fsp3) is 0.250. The minimum atomic E-state index is -0.263. The van der Waals surface area contributed by atoms with Crippen molar-refractivity contribution >= 4 is 17.7 Å². The molecule has 0 aliphatic rings. The maximum absolute atomic E-state index is 12.0. The average molecular weight is 245 g/mol. The number of amides is 1. The topological polar surface area (TPSA) is 96.7 Å². The van der Waals surface area contributed by atoms with Gasteiger partial charge in [-0.25, -0.2) is 9.97 Å². The first-order valence-corrected chi connectivity index (χ1v) is 5.64. The Kier molecular flexibility index (Phi) is 3.27. The number of carbonyl (C=O) groups excluding carboxylic acids is 1. The van der Waals surface area contributed by atoms with Gasteiger partial charge in [0.25, 0.3) is 5.91 Å². The highest BCUT2D eigenvalue weighted by Crippen LogP contribution is 2.16. The molecule has 0 aliphatic heterocycles. The van der Waals surface area contributed by atoms with Crippen LogP contribution in [0.4, 0.5) is 11.8 Å². The summed E-state index contributed by atoms with van der Waals surface area (Å²) in [5.74, 6) is 0.692. The van der Waals surface area contributed by atoms with Crippen LogP contribution in [0.2, 0.25) is 0 Å². The highest BCUT2D eigenvalue weighted by atomic mass is 16.1. The molecule has 2 aromatic rings. The van der Waals surface area contributed by atoms with Gasteiger partial charge in [-0.05, 0) is 18.1 Å². The Hall–Kier alpha value is -2.37. The number of imidazole rings is 1. The van der Waals surface area contributed by atoms with E-state index in [1.165, 1.54) is 0 Å². The maximum atomic E-state index is 12.0. The number of nitrogens with two attached hydrogens (primary N) is 1. The molecule has 0 aliphatic carbocycles. The van der Waals surface area contributed by atoms with Gasteiger partial charge in [0.15, 0.2) is 0 Å². The first-order chi connectivity index (χ1) is 8.56. The highest BCUT2D eigenvalue weighted by Gasteiger charge is 2.11. The largest absolute Gasteiger partial charge is 0.384 e. The molecule has 0 unspecified atom stereocenters. The molecular formula is C12H15N5O. The van der Waals surface area contributed by atoms with Crippen LogP contribution in [0.5, 0.6) is 0 Å². The van der Waals surface area contributed by atoms with Gasteiger partial charge in [-0.2, -0.15) is 0 Å². The van der Waals surface area contributed by atoms with Crippen LogP contribution in [0.3, 0.4) is 0 Å². The van der Waals surface area contributed by atoms with Crippen molar-refractivity contribution in [1.29, 1.82) is 0 Å². The smallest absolute Gasteiger partial charge is 0.258 e. The van der Waals surface area contributed by atoms with Gasteiger partial charge >= 0.3 is 0 Å². The molecular weight excluding hydrogens is 230 g/mol. The van der Waals surface area contributed by atoms with Crippen LogP contribution in [0.1, 0.15) is 35.8 Å². The quantitative estimate of drug-likeness (QED) is 0.767. The molecule has 6 nitrogen and oxygen atoms in total. The van der Waals surface area contributed by atoms with Crippen molar-refractivity contribution in [2.75, 3.05) is 11.1 Å². The SMILES string of the molecule is CC(C)c1cc(C(=O)Nc2ncc[nH]2)cc(N)n1. The van der Waals surface area contributed by atoms with E-state index in [0.717, 1.165) is 5.69 Å². The van der Waals surface area contributed by atoms with Crippen molar-refractivity contribution in [3.63, 3.8) is 0 Å². The lowest BCUT2D eigenvalue weighted by Gasteiger charge is -2.08. The molecule has 6 heteroatoms. The van der Waals surface area contributed by atoms with Gasteiger partial charge in [-0.1, -0.05) is 13.8 Å². The van der Waals surface area contributed by atoms with Crippen LogP contribution in [0.15, 0.2) is 24.5 Å². The summed E-state index contributed by atoms with van der Waals surface area (Å²) in [6.45, 7) is 3.99. The minimum Gasteiger partial charge on any atom is -0.384 e. The number of pyridine rings is 1. The average Bonchev–Trinajstić information content (AvgIpc) is 2.80. The Morgan fingerprint density at radius 2 is 2.22 bits per heavy atom. The van der Waals surface area contributed by atoms with Crippen LogP contribution in [0, 0.1) is 0 Å². The molecule has 0 radical (unpaired) electrons. The molecule has 0 atom stereocenters. The van der Waals surface area contributed by atoms with E-state index in [1.807, 2.05) is 13.8 Å². The number of nitrogens with zero attached hydrogens (tertiary/aromatic N) is 2. The molecule has 0 aromatic carbocycles. The molecule has 0 spiro atoms. The van der Waals surface area contributed by atoms with Gasteiger partial charge in [0.2, 0.25) is 5.95 Å². The fourth-order valence-electron chi connectivity index (χ4n) is 1.51. The summed E-state index contributed by atoms with van der Waals surface area (Å²) in [6, 6.07) is 3.28. The second kappa shape index (κ2) is 4.87. The van der Waals surface area contributed by atoms with Crippen LogP contribution < -0.4 is 11.1 Å². The molecule has 2 heterocycles. The minimum absolute atomic E-state index is 0.212. The number of aromatic amines is 1. The molecule has 0 saturated heterocycles. The number of hydrogen-bond acceptors (Lipinski definition) is 4. The predicted octanol–water partition coefficient (Wildman–Crippen LogP) is 1.76. The Morgan fingerprint density at radius 1 is 1.44 bits per heavy atom. The second-order valence-corrected chi connectivity index (χ2v) is 4.25. The zero-order valence-electron chi connectivity index (χ0n) is 10.3. The lowest BCUT2D eigenvalue weighted by atomic mass is 10.1. The summed E-state index contributed by atoms with van der Waals surface area (Å²) in [5.41, 5.74) is 6.96. The number of anilines is 2. The van der Waals surface area contributed by atoms with Crippen molar-refractivity contribution in [3.05, 3.63) is 35.8 Å². The number of H-pyrrole nitrogens is 1. The van der Waals surface area contributed by atoms with Gasteiger partial charge in [-0.15, -0.1) is 0 Å². The standard InChI is InChI=1S/C12H15N5O/c1-7(2)9-5-8(6-10(13)16-9)11(18)17-12-14-3-4-15-12/h3-7H,1-2H3,(H2,13,16)(H2,14,15,17,18). The van der Waals surface area contributed by atoms with E-state index in [2.05, 4.69) is 20.3 Å². The third-order valence-corrected chi connectivity index (χ3v) is 2.45. The Bertz CT molecular complexity index is 548. The summed E-state index contributed by atoms with van der Waals surface area (Å²) >= 11 is 0. The third kappa shape index (κ3) is 2.65. The molecule has 18 heavy (non-hydrogen) atoms. The molecule has 0 fully saturated rings. The van der Waals surface area contributed by atoms with E-state index < -0.39 is 0 Å². The van der Waals surface area contributed by atoms with Crippen LogP contribution in [0.25, 0.3) is 0 Å². The number of hydrogen-bond donors (Lipinski definition) is 3. The van der Waals surface area contributed by atoms with Crippen molar-refractivity contribution in [2.24, 2.45) is 0 Å². The van der Waals surface area contributed by atoms with Gasteiger partial charge in [0, 0.05) is 23.7 Å². The summed E-state index contributed by atoms with van der Waals surface area (Å²) in [5, 5.41) is 2.64. The molecule has 4 N–H and O–H groups in total. The number of nitrogen functional groups attached to an aromatic ring is 1. The maximum Gasteiger partial charge on any atom is 0.258 e. The summed E-state index contributed by atoms with van der Waals surface area (Å²) < 4.78 is 0. The van der Waals surface area contributed by atoms with E-state index in [4.69, 9.17) is 5.73 Å². The van der Waals surface area contributed by atoms with Gasteiger partial charge in [-0.3, -0.25) is 10.1 Å². The summed E-state index contributed by atoms with van der Waals surface area (Å²) in [7, 11) is 0. The van der Waals surface area contributed by atoms with E-state index in [0.29, 0.717) is 17.3 Å². The first kappa shape index (κ1) is 12.1. The Balaban J connectivity index is 2.24. The highest BCUT2D eigenvalue weighted by molar-refractivity contribution is 6.03. The van der Waals surface area contributed by atoms with Crippen LogP contribution >= 0.6 is 0 Å². The second-order valence-electron chi connectivity index (χ2n) is 4.25. The zero-order chi connectivity index (χ0) is 13.1. The predicted molar refractivity (Wildman–Crippen MR) is 69.3 cm³/mol. The molecule has 0 bridgehead atoms. The molecule has 94 valence electrons. The number of nitrogens with one attached hydrogen (secondary N) is 2. The number of aromatic nitrogens is 3. The lowest BCUT2D eigenvalue weighted by Crippen LogP contribution is -2.14. The van der Waals surface area contributed by atoms with Gasteiger partial charge < -0.3 is 10.7 Å². The van der Waals surface area contributed by atoms with Crippen molar-refractivity contribution in [1.82, 2.24) is 15.0 Å². The van der Waals surface area contributed by atoms with Gasteiger partial charge in [0.05, 0.1) is 0 Å². The van der Waals surface area contributed by atoms with Crippen LogP contribution in [-0.2, 0) is 0 Å². The third-order valence-electron chi connectivity index (χ3n) is 2.45. The van der Waals surface area contributed by atoms with Crippen molar-refractivity contribution in [2.45, 2.75) is 19.8 Å². The Morgan fingerprint density at radius 3 is 2.83 bits per heavy atom. The normalized spacial score (nSPS) is 10.6. The van der Waals surface area contributed by atoms with Crippen molar-refractivity contribution in [3.8, 4) is 0 Å². The number of carbonyl (C=O) groups is 1. The summed E-state index contributed by atoms with van der Waals surface area (Å²) in [4.78, 5) is 22.9. The molecule has 2 aromatic heterocycles. The molecule has 0 saturated carbocycles. The van der Waals surface area contributed by atoms with E-state index >= 15 is 0 Å². The first-order valence-electron chi connectivity index (χ1n) is 5.64. The van der Waals surface area contributed by atoms with Crippen molar-refractivity contribution < 1.29 is 4.79 Å². The Labute approximate surface area is 105 Å². The fourth-order valence-corrected chi connectivity index (χ4v) is 1.51. The monoisotopic (exact) mass is 245 g/mol. The lowest BCUT2D eigenvalue weighted by molar-refractivity contribution is 0.102. The zero-order valence-corrected chi connectivity index (χ0v) is 10.3.